The molecule has 1 aromatic carbocycles. The molecule has 1 unspecified atom stereocenters. The highest BCUT2D eigenvalue weighted by molar-refractivity contribution is 8.04. The van der Waals surface area contributed by atoms with Crippen molar-refractivity contribution >= 4 is 17.7 Å². The molecule has 1 heterocycles. The van der Waals surface area contributed by atoms with Gasteiger partial charge in [-0.3, -0.25) is 4.79 Å². The summed E-state index contributed by atoms with van der Waals surface area (Å²) in [6, 6.07) is 9.00. The summed E-state index contributed by atoms with van der Waals surface area (Å²) in [7, 11) is 0. The summed E-state index contributed by atoms with van der Waals surface area (Å²) in [6.07, 6.45) is 0. The Bertz CT molecular complexity index is 463. The van der Waals surface area contributed by atoms with Crippen LogP contribution in [-0.4, -0.2) is 39.9 Å². The average Bonchev–Trinajstić information content (AvgIpc) is 2.40. The molecule has 5 heteroatoms. The van der Waals surface area contributed by atoms with Crippen LogP contribution < -0.4 is 0 Å². The molecule has 0 radical (unpaired) electrons. The molecule has 1 aliphatic heterocycles. The summed E-state index contributed by atoms with van der Waals surface area (Å²) in [5, 5.41) is 19.8. The topological polar surface area (TPSA) is 60.8 Å². The summed E-state index contributed by atoms with van der Waals surface area (Å²) in [6.45, 7) is 3.56. The van der Waals surface area contributed by atoms with Gasteiger partial charge < -0.3 is 15.1 Å². The van der Waals surface area contributed by atoms with E-state index in [1.54, 1.807) is 12.1 Å². The van der Waals surface area contributed by atoms with Gasteiger partial charge in [0.15, 0.2) is 5.72 Å². The van der Waals surface area contributed by atoms with Crippen molar-refractivity contribution in [2.75, 3.05) is 18.9 Å². The molecule has 1 aromatic rings. The molecule has 2 rings (SSSR count). The fraction of sp³-hybridized carbons (Fsp3) is 0.308. The van der Waals surface area contributed by atoms with Gasteiger partial charge in [0.1, 0.15) is 0 Å². The third-order valence-corrected chi connectivity index (χ3v) is 4.01. The number of aliphatic hydroxyl groups is 2. The van der Waals surface area contributed by atoms with Crippen molar-refractivity contribution in [3.05, 3.63) is 47.4 Å². The Hall–Kier alpha value is -1.30. The Kier molecular flexibility index (Phi) is 3.75. The summed E-state index contributed by atoms with van der Waals surface area (Å²) in [4.78, 5) is 13.7. The Morgan fingerprint density at radius 2 is 2.06 bits per heavy atom. The molecular weight excluding hydrogens is 250 g/mol. The molecule has 1 saturated heterocycles. The van der Waals surface area contributed by atoms with Crippen LogP contribution >= 0.6 is 11.8 Å². The minimum absolute atomic E-state index is 0.0871. The van der Waals surface area contributed by atoms with Crippen LogP contribution in [0.3, 0.4) is 0 Å². The predicted molar refractivity (Wildman–Crippen MR) is 70.7 cm³/mol. The monoisotopic (exact) mass is 265 g/mol. The van der Waals surface area contributed by atoms with E-state index in [0.29, 0.717) is 16.2 Å². The van der Waals surface area contributed by atoms with Gasteiger partial charge in [-0.2, -0.15) is 0 Å². The number of carbonyl (C=O) groups is 1. The zero-order valence-corrected chi connectivity index (χ0v) is 10.7. The van der Waals surface area contributed by atoms with Gasteiger partial charge in [0.05, 0.1) is 17.3 Å². The van der Waals surface area contributed by atoms with E-state index in [2.05, 4.69) is 6.58 Å². The normalized spacial score (nSPS) is 24.4. The number of rotatable bonds is 3. The second kappa shape index (κ2) is 5.14. The largest absolute Gasteiger partial charge is 0.395 e. The first-order valence-corrected chi connectivity index (χ1v) is 6.60. The van der Waals surface area contributed by atoms with Gasteiger partial charge >= 0.3 is 0 Å². The minimum Gasteiger partial charge on any atom is -0.395 e. The molecule has 18 heavy (non-hydrogen) atoms. The molecule has 1 atom stereocenters. The zero-order chi connectivity index (χ0) is 13.2. The highest BCUT2D eigenvalue weighted by Gasteiger charge is 2.43. The van der Waals surface area contributed by atoms with Crippen molar-refractivity contribution in [2.24, 2.45) is 0 Å². The van der Waals surface area contributed by atoms with E-state index in [-0.39, 0.29) is 19.1 Å². The standard InChI is InChI=1S/C13H15NO3S/c1-10-12(16)14(7-8-15)13(17,9-18-10)11-5-3-2-4-6-11/h2-6,15,17H,1,7-9H2. The highest BCUT2D eigenvalue weighted by Crippen LogP contribution is 2.38. The minimum atomic E-state index is -1.38. The second-order valence-electron chi connectivity index (χ2n) is 4.07. The average molecular weight is 265 g/mol. The maximum atomic E-state index is 12.0. The maximum absolute atomic E-state index is 12.0. The van der Waals surface area contributed by atoms with E-state index in [1.807, 2.05) is 18.2 Å². The molecule has 96 valence electrons. The number of aliphatic hydroxyl groups excluding tert-OH is 1. The van der Waals surface area contributed by atoms with Crippen molar-refractivity contribution in [2.45, 2.75) is 5.72 Å². The van der Waals surface area contributed by atoms with Gasteiger partial charge in [-0.05, 0) is 0 Å². The van der Waals surface area contributed by atoms with Gasteiger partial charge in [0, 0.05) is 12.1 Å². The number of β-amino-alcohol motifs (C(OH)–C–C–N with tert-alkyl or cyclic N) is 1. The van der Waals surface area contributed by atoms with Crippen molar-refractivity contribution < 1.29 is 15.0 Å². The molecule has 1 amide bonds. The molecule has 0 spiro atoms. The lowest BCUT2D eigenvalue weighted by Gasteiger charge is -2.43. The van der Waals surface area contributed by atoms with Gasteiger partial charge in [-0.15, -0.1) is 11.8 Å². The number of carbonyl (C=O) groups excluding carboxylic acids is 1. The molecule has 2 N–H and O–H groups in total. The fourth-order valence-corrected chi connectivity index (χ4v) is 2.91. The SMILES string of the molecule is C=C1SCC(O)(c2ccccc2)N(CCO)C1=O. The maximum Gasteiger partial charge on any atom is 0.262 e. The van der Waals surface area contributed by atoms with E-state index in [0.717, 1.165) is 0 Å². The first kappa shape index (κ1) is 13.1. The molecule has 0 bridgehead atoms. The third-order valence-electron chi connectivity index (χ3n) is 2.94. The van der Waals surface area contributed by atoms with E-state index >= 15 is 0 Å². The quantitative estimate of drug-likeness (QED) is 0.798. The first-order valence-electron chi connectivity index (χ1n) is 5.62. The predicted octanol–water partition coefficient (Wildman–Crippen LogP) is 0.913. The Labute approximate surface area is 110 Å². The number of benzene rings is 1. The van der Waals surface area contributed by atoms with Crippen LogP contribution in [-0.2, 0) is 10.5 Å². The number of nitrogens with zero attached hydrogens (tertiary/aromatic N) is 1. The van der Waals surface area contributed by atoms with Crippen LogP contribution in [0.5, 0.6) is 0 Å². The van der Waals surface area contributed by atoms with Crippen LogP contribution in [0, 0.1) is 0 Å². The van der Waals surface area contributed by atoms with Crippen LogP contribution in [0.2, 0.25) is 0 Å². The molecule has 0 aliphatic carbocycles. The summed E-state index contributed by atoms with van der Waals surface area (Å²) >= 11 is 1.24. The number of thioether (sulfide) groups is 1. The summed E-state index contributed by atoms with van der Waals surface area (Å²) in [5.74, 6) is -0.00615. The zero-order valence-electron chi connectivity index (χ0n) is 9.87. The highest BCUT2D eigenvalue weighted by atomic mass is 32.2. The van der Waals surface area contributed by atoms with Gasteiger partial charge in [-0.1, -0.05) is 36.9 Å². The smallest absolute Gasteiger partial charge is 0.262 e. The lowest BCUT2D eigenvalue weighted by atomic mass is 10.0. The molecule has 1 fully saturated rings. The molecule has 4 nitrogen and oxygen atoms in total. The van der Waals surface area contributed by atoms with Crippen molar-refractivity contribution in [3.63, 3.8) is 0 Å². The van der Waals surface area contributed by atoms with E-state index in [1.165, 1.54) is 16.7 Å². The summed E-state index contributed by atoms with van der Waals surface area (Å²) < 4.78 is 0. The van der Waals surface area contributed by atoms with Crippen LogP contribution in [0.15, 0.2) is 41.8 Å². The molecule has 1 aliphatic rings. The van der Waals surface area contributed by atoms with Gasteiger partial charge in [0.2, 0.25) is 0 Å². The lowest BCUT2D eigenvalue weighted by molar-refractivity contribution is -0.155. The van der Waals surface area contributed by atoms with Gasteiger partial charge in [-0.25, -0.2) is 0 Å². The van der Waals surface area contributed by atoms with Crippen LogP contribution in [0.4, 0.5) is 0 Å². The van der Waals surface area contributed by atoms with E-state index < -0.39 is 5.72 Å². The second-order valence-corrected chi connectivity index (χ2v) is 5.15. The van der Waals surface area contributed by atoms with Gasteiger partial charge in [0.25, 0.3) is 5.91 Å². The number of hydrogen-bond acceptors (Lipinski definition) is 4. The number of hydrogen-bond donors (Lipinski definition) is 2. The Balaban J connectivity index is 2.40. The van der Waals surface area contributed by atoms with E-state index in [4.69, 9.17) is 5.11 Å². The van der Waals surface area contributed by atoms with Crippen molar-refractivity contribution in [1.82, 2.24) is 4.90 Å². The van der Waals surface area contributed by atoms with Crippen LogP contribution in [0.25, 0.3) is 0 Å². The van der Waals surface area contributed by atoms with Crippen molar-refractivity contribution in [1.29, 1.82) is 0 Å². The fourth-order valence-electron chi connectivity index (χ4n) is 1.98. The molecule has 0 aromatic heterocycles. The number of amides is 1. The lowest BCUT2D eigenvalue weighted by Crippen LogP contribution is -2.55. The molecular formula is C13H15NO3S. The summed E-state index contributed by atoms with van der Waals surface area (Å²) in [5.41, 5.74) is -0.737. The molecule has 0 saturated carbocycles. The van der Waals surface area contributed by atoms with Crippen LogP contribution in [0.1, 0.15) is 5.56 Å². The third kappa shape index (κ3) is 2.16. The Morgan fingerprint density at radius 3 is 2.67 bits per heavy atom. The Morgan fingerprint density at radius 1 is 1.39 bits per heavy atom. The van der Waals surface area contributed by atoms with E-state index in [9.17, 15) is 9.90 Å². The first-order chi connectivity index (χ1) is 8.59. The van der Waals surface area contributed by atoms with Crippen molar-refractivity contribution in [3.8, 4) is 0 Å².